The van der Waals surface area contributed by atoms with Crippen LogP contribution in [-0.2, 0) is 0 Å². The maximum absolute atomic E-state index is 2.12. The summed E-state index contributed by atoms with van der Waals surface area (Å²) in [5, 5.41) is 0. The van der Waals surface area contributed by atoms with Crippen molar-refractivity contribution in [2.75, 3.05) is 0 Å². The molecule has 0 aliphatic heterocycles. The van der Waals surface area contributed by atoms with Crippen LogP contribution in [0, 0.1) is 0 Å². The summed E-state index contributed by atoms with van der Waals surface area (Å²) < 4.78 is 0. The van der Waals surface area contributed by atoms with E-state index < -0.39 is 0 Å². The Hall–Kier alpha value is -1.56. The van der Waals surface area contributed by atoms with Gasteiger partial charge in [0.05, 0.1) is 0 Å². The van der Waals surface area contributed by atoms with E-state index in [4.69, 9.17) is 0 Å². The van der Waals surface area contributed by atoms with Crippen LogP contribution in [0.1, 0.15) is 6.42 Å². The molecule has 0 nitrogen and oxygen atoms in total. The molecule has 0 spiro atoms. The first-order chi connectivity index (χ1) is 6.50. The minimum absolute atomic E-state index is 0.988. The maximum Gasteiger partial charge on any atom is -0.0163 e. The van der Waals surface area contributed by atoms with Crippen molar-refractivity contribution in [1.82, 2.24) is 0 Å². The van der Waals surface area contributed by atoms with Gasteiger partial charge in [-0.2, -0.15) is 0 Å². The van der Waals surface area contributed by atoms with Gasteiger partial charge in [-0.25, -0.2) is 0 Å². The van der Waals surface area contributed by atoms with Crippen molar-refractivity contribution in [3.63, 3.8) is 0 Å². The Morgan fingerprint density at radius 2 is 0.692 bits per heavy atom. The molecule has 0 bridgehead atoms. The molecular formula is C13H14. The molecule has 0 saturated heterocycles. The van der Waals surface area contributed by atoms with Gasteiger partial charge in [0.25, 0.3) is 0 Å². The number of hydrogen-bond donors (Lipinski definition) is 0. The van der Waals surface area contributed by atoms with Gasteiger partial charge in [0.1, 0.15) is 0 Å². The molecule has 0 amide bonds. The third-order valence-electron chi connectivity index (χ3n) is 1.54. The van der Waals surface area contributed by atoms with E-state index in [1.54, 1.807) is 0 Å². The average molecular weight is 170 g/mol. The Balaban J connectivity index is 2.62. The molecule has 0 heterocycles. The largest absolute Gasteiger partial charge is 0.0807 e. The van der Waals surface area contributed by atoms with Gasteiger partial charge in [-0.05, 0) is 6.42 Å². The molecule has 0 aromatic rings. The van der Waals surface area contributed by atoms with Gasteiger partial charge in [-0.1, -0.05) is 72.9 Å². The second-order valence-electron chi connectivity index (χ2n) is 2.63. The average Bonchev–Trinajstić information content (AvgIpc) is 2.18. The Kier molecular flexibility index (Phi) is 5.21. The molecule has 0 unspecified atom stereocenters. The van der Waals surface area contributed by atoms with Gasteiger partial charge < -0.3 is 0 Å². The van der Waals surface area contributed by atoms with E-state index in [1.807, 2.05) is 48.6 Å². The standard InChI is InChI=1S/C13H14/c1-2-4-6-8-10-12-13-11-9-7-5-3-1/h1-12H,13H2/b3-1+,4-2+,7-5-,8-6-,11-9+,12-10?. The Morgan fingerprint density at radius 1 is 0.385 bits per heavy atom. The second kappa shape index (κ2) is 7.11. The van der Waals surface area contributed by atoms with Crippen molar-refractivity contribution in [3.8, 4) is 0 Å². The zero-order valence-electron chi connectivity index (χ0n) is 7.64. The first kappa shape index (κ1) is 9.53. The van der Waals surface area contributed by atoms with Crippen LogP contribution in [0.3, 0.4) is 0 Å². The monoisotopic (exact) mass is 170 g/mol. The van der Waals surface area contributed by atoms with Crippen molar-refractivity contribution in [2.45, 2.75) is 6.42 Å². The first-order valence-electron chi connectivity index (χ1n) is 4.48. The lowest BCUT2D eigenvalue weighted by molar-refractivity contribution is 1.39. The van der Waals surface area contributed by atoms with Crippen molar-refractivity contribution >= 4 is 0 Å². The molecule has 0 radical (unpaired) electrons. The molecule has 1 rings (SSSR count). The highest BCUT2D eigenvalue weighted by Crippen LogP contribution is 1.90. The molecular weight excluding hydrogens is 156 g/mol. The second-order valence-corrected chi connectivity index (χ2v) is 2.63. The molecule has 1 aliphatic rings. The van der Waals surface area contributed by atoms with Crippen molar-refractivity contribution in [3.05, 3.63) is 72.9 Å². The smallest absolute Gasteiger partial charge is 0.0163 e. The minimum atomic E-state index is 0.988. The van der Waals surface area contributed by atoms with Gasteiger partial charge in [-0.15, -0.1) is 0 Å². The summed E-state index contributed by atoms with van der Waals surface area (Å²) in [5.74, 6) is 0. The molecule has 0 aromatic carbocycles. The quantitative estimate of drug-likeness (QED) is 0.519. The topological polar surface area (TPSA) is 0 Å². The lowest BCUT2D eigenvalue weighted by Gasteiger charge is -1.77. The Labute approximate surface area is 80.0 Å². The van der Waals surface area contributed by atoms with Gasteiger partial charge >= 0.3 is 0 Å². The van der Waals surface area contributed by atoms with E-state index in [-0.39, 0.29) is 0 Å². The summed E-state index contributed by atoms with van der Waals surface area (Å²) >= 11 is 0. The zero-order valence-corrected chi connectivity index (χ0v) is 7.64. The van der Waals surface area contributed by atoms with Gasteiger partial charge in [-0.3, -0.25) is 0 Å². The molecule has 13 heavy (non-hydrogen) atoms. The van der Waals surface area contributed by atoms with Crippen LogP contribution in [0.4, 0.5) is 0 Å². The summed E-state index contributed by atoms with van der Waals surface area (Å²) in [6.07, 6.45) is 25.5. The van der Waals surface area contributed by atoms with Crippen LogP contribution in [0.15, 0.2) is 72.9 Å². The summed E-state index contributed by atoms with van der Waals surface area (Å²) in [6.45, 7) is 0. The van der Waals surface area contributed by atoms with Crippen molar-refractivity contribution in [2.24, 2.45) is 0 Å². The SMILES string of the molecule is C1=CC/C=C/C=C\C=C\C=C\C=C/1. The fraction of sp³-hybridized carbons (Fsp3) is 0.0769. The summed E-state index contributed by atoms with van der Waals surface area (Å²) in [5.41, 5.74) is 0. The van der Waals surface area contributed by atoms with E-state index in [0.717, 1.165) is 6.42 Å². The predicted octanol–water partition coefficient (Wildman–Crippen LogP) is 3.73. The van der Waals surface area contributed by atoms with Gasteiger partial charge in [0, 0.05) is 0 Å². The summed E-state index contributed by atoms with van der Waals surface area (Å²) in [6, 6.07) is 0. The maximum atomic E-state index is 2.12. The zero-order chi connectivity index (χ0) is 9.19. The number of allylic oxidation sites excluding steroid dienone is 12. The number of rotatable bonds is 0. The van der Waals surface area contributed by atoms with Crippen LogP contribution >= 0.6 is 0 Å². The van der Waals surface area contributed by atoms with E-state index in [2.05, 4.69) is 24.3 Å². The Morgan fingerprint density at radius 3 is 1.08 bits per heavy atom. The fourth-order valence-electron chi connectivity index (χ4n) is 0.906. The van der Waals surface area contributed by atoms with E-state index in [9.17, 15) is 0 Å². The lowest BCUT2D eigenvalue weighted by atomic mass is 10.3. The molecule has 66 valence electrons. The van der Waals surface area contributed by atoms with Gasteiger partial charge in [0.15, 0.2) is 0 Å². The Bertz CT molecular complexity index is 253. The lowest BCUT2D eigenvalue weighted by Crippen LogP contribution is -1.56. The van der Waals surface area contributed by atoms with Crippen molar-refractivity contribution in [1.29, 1.82) is 0 Å². The minimum Gasteiger partial charge on any atom is -0.0807 e. The van der Waals surface area contributed by atoms with Gasteiger partial charge in [0.2, 0.25) is 0 Å². The molecule has 0 saturated carbocycles. The highest BCUT2D eigenvalue weighted by Gasteiger charge is 1.69. The van der Waals surface area contributed by atoms with E-state index in [0.29, 0.717) is 0 Å². The van der Waals surface area contributed by atoms with Crippen LogP contribution in [0.2, 0.25) is 0 Å². The molecule has 0 fully saturated rings. The van der Waals surface area contributed by atoms with Crippen LogP contribution in [-0.4, -0.2) is 0 Å². The highest BCUT2D eigenvalue weighted by molar-refractivity contribution is 5.20. The summed E-state index contributed by atoms with van der Waals surface area (Å²) in [4.78, 5) is 0. The molecule has 1 aliphatic carbocycles. The summed E-state index contributed by atoms with van der Waals surface area (Å²) in [7, 11) is 0. The molecule has 0 N–H and O–H groups in total. The first-order valence-corrected chi connectivity index (χ1v) is 4.48. The van der Waals surface area contributed by atoms with E-state index in [1.165, 1.54) is 0 Å². The normalized spacial score (nSPS) is 28.9. The van der Waals surface area contributed by atoms with Crippen LogP contribution in [0.25, 0.3) is 0 Å². The highest BCUT2D eigenvalue weighted by atomic mass is 13.8. The van der Waals surface area contributed by atoms with Crippen LogP contribution < -0.4 is 0 Å². The molecule has 0 aromatic heterocycles. The fourth-order valence-corrected chi connectivity index (χ4v) is 0.906. The van der Waals surface area contributed by atoms with Crippen LogP contribution in [0.5, 0.6) is 0 Å². The number of hydrogen-bond acceptors (Lipinski definition) is 0. The molecule has 0 heteroatoms. The molecule has 0 atom stereocenters. The van der Waals surface area contributed by atoms with Crippen molar-refractivity contribution < 1.29 is 0 Å². The van der Waals surface area contributed by atoms with E-state index >= 15 is 0 Å². The third kappa shape index (κ3) is 5.68. The third-order valence-corrected chi connectivity index (χ3v) is 1.54. The predicted molar refractivity (Wildman–Crippen MR) is 59.5 cm³/mol.